The van der Waals surface area contributed by atoms with Gasteiger partial charge in [-0.3, -0.25) is 19.2 Å². The van der Waals surface area contributed by atoms with Gasteiger partial charge in [0, 0.05) is 71.7 Å². The van der Waals surface area contributed by atoms with Crippen molar-refractivity contribution in [3.05, 3.63) is 18.9 Å². The van der Waals surface area contributed by atoms with E-state index in [9.17, 15) is 24.0 Å². The Morgan fingerprint density at radius 3 is 2.12 bits per heavy atom. The molecule has 0 bridgehead atoms. The third-order valence-electron chi connectivity index (χ3n) is 6.31. The first-order valence-electron chi connectivity index (χ1n) is 14.3. The predicted octanol–water partition coefficient (Wildman–Crippen LogP) is 5.01. The lowest BCUT2D eigenvalue weighted by Gasteiger charge is -2.44. The second-order valence-electron chi connectivity index (χ2n) is 10.9. The number of carbonyl (C=O) groups is 5. The highest BCUT2D eigenvalue weighted by molar-refractivity contribution is 8.01. The quantitative estimate of drug-likeness (QED) is 0.0746. The van der Waals surface area contributed by atoms with Crippen molar-refractivity contribution in [2.24, 2.45) is 0 Å². The molecule has 9 nitrogen and oxygen atoms in total. The largest absolute Gasteiger partial charge is 0.355 e. The first-order chi connectivity index (χ1) is 19.9. The van der Waals surface area contributed by atoms with Gasteiger partial charge in [0.15, 0.2) is 0 Å². The monoisotopic (exact) mass is 657 g/mol. The van der Waals surface area contributed by atoms with Gasteiger partial charge in [-0.25, -0.2) is 4.79 Å². The Labute approximate surface area is 274 Å². The third kappa shape index (κ3) is 18.2. The molecule has 0 spiro atoms. The van der Waals surface area contributed by atoms with E-state index in [2.05, 4.69) is 42.8 Å². The Morgan fingerprint density at radius 1 is 1.14 bits per heavy atom. The zero-order valence-corrected chi connectivity index (χ0v) is 29.5. The fourth-order valence-corrected chi connectivity index (χ4v) is 4.93. The zero-order chi connectivity index (χ0) is 33.8. The van der Waals surface area contributed by atoms with Gasteiger partial charge in [-0.05, 0) is 41.0 Å². The van der Waals surface area contributed by atoms with Crippen LogP contribution in [0, 0.1) is 12.3 Å². The molecule has 12 heteroatoms. The number of unbranched alkanes of at least 4 members (excludes halogenated alkanes) is 1. The van der Waals surface area contributed by atoms with Crippen LogP contribution in [0.5, 0.6) is 0 Å². The molecule has 1 heterocycles. The first kappa shape index (κ1) is 42.8. The van der Waals surface area contributed by atoms with Crippen molar-refractivity contribution in [2.45, 2.75) is 114 Å². The summed E-state index contributed by atoms with van der Waals surface area (Å²) in [6.07, 6.45) is 7.66. The topological polar surface area (TPSA) is 113 Å². The molecule has 1 aliphatic heterocycles. The Balaban J connectivity index is 0. The Morgan fingerprint density at radius 2 is 1.67 bits per heavy atom. The molecule has 244 valence electrons. The van der Waals surface area contributed by atoms with E-state index in [1.807, 2.05) is 53.4 Å². The molecule has 1 rings (SSSR count). The Hall–Kier alpha value is -2.32. The summed E-state index contributed by atoms with van der Waals surface area (Å²) in [5.41, 5.74) is 2.25. The number of nitrogens with one attached hydrogen (secondary N) is 1. The lowest BCUT2D eigenvalue weighted by molar-refractivity contribution is -0.197. The van der Waals surface area contributed by atoms with E-state index in [-0.39, 0.29) is 47.1 Å². The maximum Gasteiger partial charge on any atom is 0.334 e. The molecule has 0 radical (unpaired) electrons. The number of thiol groups is 2. The lowest BCUT2D eigenvalue weighted by atomic mass is 9.94. The molecule has 2 atom stereocenters. The molecule has 0 aliphatic carbocycles. The maximum absolute atomic E-state index is 12.2. The smallest absolute Gasteiger partial charge is 0.334 e. The molecular formula is C31H51N3O6S3. The van der Waals surface area contributed by atoms with Crippen molar-refractivity contribution in [3.8, 4) is 12.3 Å². The highest BCUT2D eigenvalue weighted by Gasteiger charge is 2.41. The lowest BCUT2D eigenvalue weighted by Crippen LogP contribution is -2.52. The molecule has 0 saturated carbocycles. The number of hydrogen-bond donors (Lipinski definition) is 3. The van der Waals surface area contributed by atoms with Crippen LogP contribution < -0.4 is 5.32 Å². The summed E-state index contributed by atoms with van der Waals surface area (Å²) in [5, 5.41) is 3.53. The number of hydrogen-bond acceptors (Lipinski definition) is 9. The number of thioether (sulfide) groups is 1. The van der Waals surface area contributed by atoms with Crippen LogP contribution in [0.25, 0.3) is 0 Å². The summed E-state index contributed by atoms with van der Waals surface area (Å²) < 4.78 is -0.853. The number of imide groups is 1. The molecular weight excluding hydrogens is 607 g/mol. The Kier molecular flexibility index (Phi) is 22.1. The van der Waals surface area contributed by atoms with Crippen molar-refractivity contribution in [1.29, 1.82) is 0 Å². The summed E-state index contributed by atoms with van der Waals surface area (Å²) in [5.74, 6) is 1.50. The molecule has 1 N–H and O–H groups in total. The van der Waals surface area contributed by atoms with E-state index >= 15 is 0 Å². The third-order valence-corrected chi connectivity index (χ3v) is 8.92. The highest BCUT2D eigenvalue weighted by atomic mass is 32.2. The fourth-order valence-electron chi connectivity index (χ4n) is 3.34. The number of hydroxylamine groups is 2. The Bertz CT molecular complexity index is 983. The van der Waals surface area contributed by atoms with E-state index in [1.54, 1.807) is 11.8 Å². The van der Waals surface area contributed by atoms with Crippen LogP contribution in [-0.2, 0) is 28.8 Å². The summed E-state index contributed by atoms with van der Waals surface area (Å²) in [4.78, 5) is 64.9. The van der Waals surface area contributed by atoms with Gasteiger partial charge in [-0.1, -0.05) is 27.0 Å². The van der Waals surface area contributed by atoms with Crippen LogP contribution >= 0.6 is 37.0 Å². The van der Waals surface area contributed by atoms with Crippen LogP contribution in [0.15, 0.2) is 18.9 Å². The second-order valence-corrected chi connectivity index (χ2v) is 14.4. The first-order valence-corrected chi connectivity index (χ1v) is 16.2. The summed E-state index contributed by atoms with van der Waals surface area (Å²) >= 11 is 10.5. The number of rotatable bonds is 15. The van der Waals surface area contributed by atoms with Gasteiger partial charge in [0.2, 0.25) is 11.8 Å². The molecule has 4 amide bonds. The molecule has 0 aromatic rings. The van der Waals surface area contributed by atoms with Crippen molar-refractivity contribution in [2.75, 3.05) is 18.8 Å². The van der Waals surface area contributed by atoms with Crippen molar-refractivity contribution in [3.63, 3.8) is 0 Å². The van der Waals surface area contributed by atoms with E-state index in [1.165, 1.54) is 0 Å². The van der Waals surface area contributed by atoms with Gasteiger partial charge in [0.05, 0.1) is 6.42 Å². The fraction of sp³-hybridized carbons (Fsp3) is 0.677. The van der Waals surface area contributed by atoms with Crippen molar-refractivity contribution < 1.29 is 28.8 Å². The average Bonchev–Trinajstić information content (AvgIpc) is 3.22. The predicted molar refractivity (Wildman–Crippen MR) is 182 cm³/mol. The average molecular weight is 658 g/mol. The van der Waals surface area contributed by atoms with E-state index in [4.69, 9.17) is 23.9 Å². The van der Waals surface area contributed by atoms with Crippen LogP contribution in [0.4, 0.5) is 0 Å². The minimum atomic E-state index is -0.613. The summed E-state index contributed by atoms with van der Waals surface area (Å²) in [6, 6.07) is 0.0743. The van der Waals surface area contributed by atoms with E-state index < -0.39 is 22.5 Å². The van der Waals surface area contributed by atoms with Crippen molar-refractivity contribution >= 4 is 66.6 Å². The summed E-state index contributed by atoms with van der Waals surface area (Å²) in [6.45, 7) is 21.1. The van der Waals surface area contributed by atoms with E-state index in [0.29, 0.717) is 43.2 Å². The van der Waals surface area contributed by atoms with Gasteiger partial charge in [-0.15, -0.1) is 23.1 Å². The van der Waals surface area contributed by atoms with Gasteiger partial charge in [0.25, 0.3) is 11.8 Å². The number of amides is 4. The molecule has 1 fully saturated rings. The number of nitrogens with zero attached hydrogens (tertiary/aromatic N) is 2. The van der Waals surface area contributed by atoms with Crippen LogP contribution in [0.2, 0.25) is 0 Å². The molecule has 1 saturated heterocycles. The van der Waals surface area contributed by atoms with Crippen molar-refractivity contribution in [1.82, 2.24) is 15.3 Å². The van der Waals surface area contributed by atoms with Crippen LogP contribution in [-0.4, -0.2) is 79.2 Å². The van der Waals surface area contributed by atoms with Gasteiger partial charge in [0.1, 0.15) is 0 Å². The van der Waals surface area contributed by atoms with Crippen LogP contribution in [0.3, 0.4) is 0 Å². The summed E-state index contributed by atoms with van der Waals surface area (Å²) in [7, 11) is 0. The molecule has 2 unspecified atom stereocenters. The minimum absolute atomic E-state index is 0.0613. The van der Waals surface area contributed by atoms with Gasteiger partial charge >= 0.3 is 5.97 Å². The highest BCUT2D eigenvalue weighted by Crippen LogP contribution is 2.41. The molecule has 1 aliphatic rings. The molecule has 0 aromatic heterocycles. The van der Waals surface area contributed by atoms with E-state index in [0.717, 1.165) is 6.42 Å². The second kappa shape index (κ2) is 22.2. The normalized spacial score (nSPS) is 14.6. The van der Waals surface area contributed by atoms with Crippen LogP contribution in [0.1, 0.15) is 93.4 Å². The number of carbonyl (C=O) groups excluding carboxylic acids is 5. The number of terminal acetylenes is 1. The standard InChI is InChI=1S/C19H32N2O5S2.C9H15NOS.C3H4/c1-7-14(22)20(13(2)3)12-19(6,27)18(4,5)28-11-10-17(25)26-21-15(23)8-9-16(21)24;1-3-4-5-6-9(11)10-7-8(2)12;1-3-2/h13,27H,7-12H2,1-6H3;1,8,12H,4-7H2,2H3,(H,10,11);1-2H2. The maximum atomic E-state index is 12.2. The molecule has 43 heavy (non-hydrogen) atoms. The SMILES string of the molecule is C#CCCCC(=O)NCC(C)S.C=C=C.CCC(=O)N(CC(C)(S)C(C)(C)SCCC(=O)ON1C(=O)CCC1=O)C(C)C. The van der Waals surface area contributed by atoms with Gasteiger partial charge < -0.3 is 15.1 Å². The minimum Gasteiger partial charge on any atom is -0.355 e. The van der Waals surface area contributed by atoms with Gasteiger partial charge in [-0.2, -0.15) is 37.0 Å². The zero-order valence-electron chi connectivity index (χ0n) is 26.9. The molecule has 0 aromatic carbocycles.